The van der Waals surface area contributed by atoms with Crippen LogP contribution in [0.3, 0.4) is 0 Å². The van der Waals surface area contributed by atoms with Crippen molar-refractivity contribution in [1.29, 1.82) is 0 Å². The molecule has 0 radical (unpaired) electrons. The second-order valence-electron chi connectivity index (χ2n) is 9.89. The number of hydrogen-bond donors (Lipinski definition) is 0. The molecule has 0 saturated carbocycles. The molecule has 0 aliphatic heterocycles. The van der Waals surface area contributed by atoms with Crippen molar-refractivity contribution in [2.24, 2.45) is 0 Å². The molecule has 0 bridgehead atoms. The SMILES string of the molecule is CCC(C)[B-](c1ccc(F)cc1)(c1ccc(F)cc1)c1ccc(F)cc1.C[S+](C)CC(=O)c1ccccc1. The average molecular weight is 534 g/mol. The first kappa shape index (κ1) is 29.3. The Bertz CT molecular complexity index is 1180. The minimum atomic E-state index is -1.52. The van der Waals surface area contributed by atoms with Gasteiger partial charge in [0.15, 0.2) is 5.75 Å². The molecule has 0 N–H and O–H groups in total. The van der Waals surface area contributed by atoms with Crippen LogP contribution >= 0.6 is 0 Å². The monoisotopic (exact) mass is 534 g/mol. The Morgan fingerprint density at radius 3 is 1.37 bits per heavy atom. The van der Waals surface area contributed by atoms with Crippen LogP contribution in [0.2, 0.25) is 5.82 Å². The maximum absolute atomic E-state index is 13.6. The standard InChI is InChI=1S/C22H21BF3.C10H13OS/c1-3-16(2)23(17-4-10-20(24)11-5-17,18-6-12-21(25)13-7-18)19-8-14-22(26)15-9-19;1-12(2)8-10(11)9-6-4-3-5-7-9/h4-16H,3H2,1-2H3;3-7H,8H2,1-2H3/q-1;+1. The molecule has 0 aliphatic carbocycles. The Morgan fingerprint density at radius 2 is 1.05 bits per heavy atom. The minimum absolute atomic E-state index is 0.177. The molecule has 4 aromatic carbocycles. The van der Waals surface area contributed by atoms with Crippen LogP contribution < -0.4 is 16.4 Å². The Kier molecular flexibility index (Phi) is 10.4. The van der Waals surface area contributed by atoms with E-state index in [0.717, 1.165) is 28.4 Å². The Labute approximate surface area is 227 Å². The molecular formula is C32H34BF3OS. The first-order valence-corrected chi connectivity index (χ1v) is 15.0. The number of carbonyl (C=O) groups excluding carboxylic acids is 1. The highest BCUT2D eigenvalue weighted by Crippen LogP contribution is 2.26. The molecule has 0 amide bonds. The highest BCUT2D eigenvalue weighted by molar-refractivity contribution is 7.96. The van der Waals surface area contributed by atoms with Gasteiger partial charge in [0.1, 0.15) is 17.5 Å². The van der Waals surface area contributed by atoms with Crippen molar-refractivity contribution in [2.45, 2.75) is 26.1 Å². The van der Waals surface area contributed by atoms with Gasteiger partial charge < -0.3 is 0 Å². The molecule has 1 atom stereocenters. The molecule has 38 heavy (non-hydrogen) atoms. The van der Waals surface area contributed by atoms with Crippen LogP contribution in [-0.4, -0.2) is 30.2 Å². The zero-order chi connectivity index (χ0) is 27.7. The summed E-state index contributed by atoms with van der Waals surface area (Å²) in [6.07, 6.45) is 3.52. The van der Waals surface area contributed by atoms with Gasteiger partial charge in [-0.05, 0) is 47.3 Å². The van der Waals surface area contributed by atoms with E-state index in [0.29, 0.717) is 5.75 Å². The second-order valence-corrected chi connectivity index (χ2v) is 12.2. The second kappa shape index (κ2) is 13.5. The summed E-state index contributed by atoms with van der Waals surface area (Å²) >= 11 is 0. The lowest BCUT2D eigenvalue weighted by Gasteiger charge is -2.48. The van der Waals surface area contributed by atoms with Crippen molar-refractivity contribution in [3.05, 3.63) is 126 Å². The fourth-order valence-corrected chi connectivity index (χ4v) is 5.88. The van der Waals surface area contributed by atoms with E-state index in [1.807, 2.05) is 30.3 Å². The highest BCUT2D eigenvalue weighted by Gasteiger charge is 2.34. The fourth-order valence-electron chi connectivity index (χ4n) is 5.19. The molecule has 0 aliphatic rings. The molecule has 0 heterocycles. The van der Waals surface area contributed by atoms with Gasteiger partial charge in [0.2, 0.25) is 5.78 Å². The molecule has 0 spiro atoms. The van der Waals surface area contributed by atoms with Crippen molar-refractivity contribution >= 4 is 39.2 Å². The van der Waals surface area contributed by atoms with Gasteiger partial charge in [-0.1, -0.05) is 87.0 Å². The normalized spacial score (nSPS) is 12.0. The number of hydrogen-bond acceptors (Lipinski definition) is 1. The van der Waals surface area contributed by atoms with Crippen molar-refractivity contribution < 1.29 is 18.0 Å². The largest absolute Gasteiger partial charge is 0.289 e. The first-order chi connectivity index (χ1) is 18.2. The minimum Gasteiger partial charge on any atom is -0.289 e. The van der Waals surface area contributed by atoms with Gasteiger partial charge in [0.25, 0.3) is 0 Å². The van der Waals surface area contributed by atoms with E-state index in [1.165, 1.54) is 36.4 Å². The summed E-state index contributed by atoms with van der Waals surface area (Å²) in [6, 6.07) is 28.9. The number of benzene rings is 4. The molecule has 1 unspecified atom stereocenters. The zero-order valence-corrected chi connectivity index (χ0v) is 23.2. The zero-order valence-electron chi connectivity index (χ0n) is 22.3. The van der Waals surface area contributed by atoms with E-state index in [1.54, 1.807) is 36.4 Å². The number of Topliss-reactive ketones (excluding diaryl/α,β-unsaturated/α-hetero) is 1. The van der Waals surface area contributed by atoms with Gasteiger partial charge in [-0.15, -0.1) is 0 Å². The van der Waals surface area contributed by atoms with Crippen molar-refractivity contribution in [3.8, 4) is 0 Å². The summed E-state index contributed by atoms with van der Waals surface area (Å²) in [5, 5.41) is 0. The van der Waals surface area contributed by atoms with Crippen LogP contribution in [-0.2, 0) is 10.9 Å². The number of ketones is 1. The third-order valence-corrected chi connectivity index (χ3v) is 8.04. The van der Waals surface area contributed by atoms with E-state index < -0.39 is 6.15 Å². The summed E-state index contributed by atoms with van der Waals surface area (Å²) < 4.78 is 40.7. The van der Waals surface area contributed by atoms with E-state index in [4.69, 9.17) is 0 Å². The fraction of sp³-hybridized carbons (Fsp3) is 0.219. The highest BCUT2D eigenvalue weighted by atomic mass is 32.2. The predicted octanol–water partition coefficient (Wildman–Crippen LogP) is 6.12. The molecule has 1 nitrogen and oxygen atoms in total. The van der Waals surface area contributed by atoms with Crippen LogP contribution in [0.5, 0.6) is 0 Å². The topological polar surface area (TPSA) is 17.1 Å². The third-order valence-electron chi connectivity index (χ3n) is 7.20. The van der Waals surface area contributed by atoms with Gasteiger partial charge in [0.05, 0.1) is 18.7 Å². The molecule has 4 aromatic rings. The van der Waals surface area contributed by atoms with Crippen molar-refractivity contribution in [2.75, 3.05) is 18.3 Å². The van der Waals surface area contributed by atoms with Gasteiger partial charge in [-0.3, -0.25) is 4.79 Å². The summed E-state index contributed by atoms with van der Waals surface area (Å²) in [4.78, 5) is 11.5. The molecule has 198 valence electrons. The quantitative estimate of drug-likeness (QED) is 0.151. The lowest BCUT2D eigenvalue weighted by Crippen LogP contribution is -2.69. The van der Waals surface area contributed by atoms with Gasteiger partial charge in [-0.25, -0.2) is 13.2 Å². The van der Waals surface area contributed by atoms with Crippen LogP contribution in [0.1, 0.15) is 30.6 Å². The molecule has 0 saturated heterocycles. The Balaban J connectivity index is 0.000000279. The maximum atomic E-state index is 13.6. The van der Waals surface area contributed by atoms with Crippen molar-refractivity contribution in [3.63, 3.8) is 0 Å². The number of halogens is 3. The molecule has 0 fully saturated rings. The van der Waals surface area contributed by atoms with Gasteiger partial charge >= 0.3 is 0 Å². The molecule has 0 aromatic heterocycles. The smallest absolute Gasteiger partial charge is 0.211 e. The lowest BCUT2D eigenvalue weighted by molar-refractivity contribution is 0.102. The maximum Gasteiger partial charge on any atom is 0.211 e. The van der Waals surface area contributed by atoms with E-state index in [-0.39, 0.29) is 39.9 Å². The van der Waals surface area contributed by atoms with E-state index in [9.17, 15) is 18.0 Å². The van der Waals surface area contributed by atoms with E-state index >= 15 is 0 Å². The van der Waals surface area contributed by atoms with Gasteiger partial charge in [-0.2, -0.15) is 22.2 Å². The van der Waals surface area contributed by atoms with Crippen LogP contribution in [0, 0.1) is 17.5 Å². The molecular weight excluding hydrogens is 500 g/mol. The average Bonchev–Trinajstić information content (AvgIpc) is 2.92. The summed E-state index contributed by atoms with van der Waals surface area (Å²) in [5.41, 5.74) is 3.70. The number of carbonyl (C=O) groups is 1. The van der Waals surface area contributed by atoms with Crippen LogP contribution in [0.25, 0.3) is 0 Å². The first-order valence-electron chi connectivity index (χ1n) is 12.7. The van der Waals surface area contributed by atoms with Gasteiger partial charge in [0, 0.05) is 5.56 Å². The summed E-state index contributed by atoms with van der Waals surface area (Å²) in [7, 11) is 0.204. The Morgan fingerprint density at radius 1 is 0.684 bits per heavy atom. The van der Waals surface area contributed by atoms with E-state index in [2.05, 4.69) is 26.4 Å². The van der Waals surface area contributed by atoms with Crippen LogP contribution in [0.15, 0.2) is 103 Å². The lowest BCUT2D eigenvalue weighted by atomic mass is 9.10. The predicted molar refractivity (Wildman–Crippen MR) is 158 cm³/mol. The van der Waals surface area contributed by atoms with Crippen molar-refractivity contribution in [1.82, 2.24) is 0 Å². The van der Waals surface area contributed by atoms with Crippen LogP contribution in [0.4, 0.5) is 13.2 Å². The summed E-state index contributed by atoms with van der Waals surface area (Å²) in [5.74, 6) is 0.187. The molecule has 4 rings (SSSR count). The number of rotatable bonds is 8. The Hall–Kier alpha value is -3.25. The third kappa shape index (κ3) is 6.99. The summed E-state index contributed by atoms with van der Waals surface area (Å²) in [6.45, 7) is 4.23. The molecule has 6 heteroatoms.